The lowest BCUT2D eigenvalue weighted by Gasteiger charge is -2.38. The molecule has 1 nitrogen and oxygen atoms in total. The zero-order valence-electron chi connectivity index (χ0n) is 8.06. The van der Waals surface area contributed by atoms with Crippen molar-refractivity contribution >= 4 is 0 Å². The van der Waals surface area contributed by atoms with Crippen molar-refractivity contribution in [3.8, 4) is 0 Å². The molecule has 0 saturated heterocycles. The van der Waals surface area contributed by atoms with Crippen molar-refractivity contribution < 1.29 is 5.11 Å². The van der Waals surface area contributed by atoms with Gasteiger partial charge in [-0.25, -0.2) is 0 Å². The second kappa shape index (κ2) is 2.59. The highest BCUT2D eigenvalue weighted by Crippen LogP contribution is 2.51. The van der Waals surface area contributed by atoms with Crippen molar-refractivity contribution in [3.63, 3.8) is 0 Å². The van der Waals surface area contributed by atoms with Crippen molar-refractivity contribution in [2.75, 3.05) is 0 Å². The Morgan fingerprint density at radius 3 is 2.83 bits per heavy atom. The molecule has 0 bridgehead atoms. The Labute approximate surface area is 74.5 Å². The van der Waals surface area contributed by atoms with Gasteiger partial charge >= 0.3 is 0 Å². The van der Waals surface area contributed by atoms with Crippen LogP contribution in [0.5, 0.6) is 0 Å². The summed E-state index contributed by atoms with van der Waals surface area (Å²) in [5, 5.41) is 9.92. The summed E-state index contributed by atoms with van der Waals surface area (Å²) in [6.07, 6.45) is 5.74. The Morgan fingerprint density at radius 2 is 2.17 bits per heavy atom. The Balaban J connectivity index is 2.35. The standard InChI is InChI=1S/C11H18O/c1-8-6-7-11(2)9(8)4-3-5-10(11)12/h10,12H,3-7H2,1-2H3/t10-,11+/m1/s1. The maximum Gasteiger partial charge on any atom is 0.0631 e. The van der Waals surface area contributed by atoms with Gasteiger partial charge in [-0.1, -0.05) is 18.1 Å². The molecule has 0 aromatic rings. The first-order chi connectivity index (χ1) is 5.64. The molecule has 2 aliphatic carbocycles. The molecule has 1 saturated carbocycles. The molecule has 0 aromatic carbocycles. The lowest BCUT2D eigenvalue weighted by atomic mass is 9.70. The van der Waals surface area contributed by atoms with Crippen LogP contribution in [0.1, 0.15) is 46.0 Å². The molecule has 0 aliphatic heterocycles. The molecule has 0 radical (unpaired) electrons. The molecule has 2 rings (SSSR count). The van der Waals surface area contributed by atoms with Crippen LogP contribution in [0.25, 0.3) is 0 Å². The van der Waals surface area contributed by atoms with Gasteiger partial charge in [-0.05, 0) is 39.0 Å². The van der Waals surface area contributed by atoms with Crippen LogP contribution in [0.15, 0.2) is 11.1 Å². The average molecular weight is 166 g/mol. The van der Waals surface area contributed by atoms with E-state index in [2.05, 4.69) is 13.8 Å². The first-order valence-corrected chi connectivity index (χ1v) is 5.02. The quantitative estimate of drug-likeness (QED) is 0.548. The zero-order valence-corrected chi connectivity index (χ0v) is 8.06. The molecular formula is C11H18O. The highest BCUT2D eigenvalue weighted by atomic mass is 16.3. The summed E-state index contributed by atoms with van der Waals surface area (Å²) in [5.41, 5.74) is 3.28. The smallest absolute Gasteiger partial charge is 0.0631 e. The van der Waals surface area contributed by atoms with Crippen LogP contribution in [0.4, 0.5) is 0 Å². The molecule has 0 unspecified atom stereocenters. The number of aliphatic hydroxyl groups is 1. The minimum absolute atomic E-state index is 0.0706. The zero-order chi connectivity index (χ0) is 8.77. The summed E-state index contributed by atoms with van der Waals surface area (Å²) < 4.78 is 0. The van der Waals surface area contributed by atoms with Crippen LogP contribution in [0.3, 0.4) is 0 Å². The number of aliphatic hydroxyl groups excluding tert-OH is 1. The largest absolute Gasteiger partial charge is 0.392 e. The summed E-state index contributed by atoms with van der Waals surface area (Å²) in [7, 11) is 0. The van der Waals surface area contributed by atoms with Crippen LogP contribution in [0.2, 0.25) is 0 Å². The van der Waals surface area contributed by atoms with E-state index in [-0.39, 0.29) is 11.5 Å². The summed E-state index contributed by atoms with van der Waals surface area (Å²) in [6.45, 7) is 4.47. The third-order valence-corrected chi connectivity index (χ3v) is 3.86. The van der Waals surface area contributed by atoms with Gasteiger partial charge in [0.1, 0.15) is 0 Å². The van der Waals surface area contributed by atoms with Crippen molar-refractivity contribution in [2.24, 2.45) is 5.41 Å². The first-order valence-electron chi connectivity index (χ1n) is 5.02. The summed E-state index contributed by atoms with van der Waals surface area (Å²) in [4.78, 5) is 0. The average Bonchev–Trinajstić information content (AvgIpc) is 2.33. The molecular weight excluding hydrogens is 148 g/mol. The Kier molecular flexibility index (Phi) is 1.80. The van der Waals surface area contributed by atoms with Gasteiger partial charge in [0.15, 0.2) is 0 Å². The van der Waals surface area contributed by atoms with E-state index in [1.165, 1.54) is 25.7 Å². The first kappa shape index (κ1) is 8.31. The fraction of sp³-hybridized carbons (Fsp3) is 0.818. The third kappa shape index (κ3) is 0.957. The topological polar surface area (TPSA) is 20.2 Å². The van der Waals surface area contributed by atoms with E-state index in [1.54, 1.807) is 11.1 Å². The highest BCUT2D eigenvalue weighted by Gasteiger charge is 2.42. The Morgan fingerprint density at radius 1 is 1.42 bits per heavy atom. The van der Waals surface area contributed by atoms with Crippen molar-refractivity contribution in [1.82, 2.24) is 0 Å². The summed E-state index contributed by atoms with van der Waals surface area (Å²) >= 11 is 0. The molecule has 1 fully saturated rings. The minimum atomic E-state index is -0.0706. The minimum Gasteiger partial charge on any atom is -0.392 e. The van der Waals surface area contributed by atoms with Crippen LogP contribution in [-0.2, 0) is 0 Å². The number of rotatable bonds is 0. The number of hydrogen-bond acceptors (Lipinski definition) is 1. The normalized spacial score (nSPS) is 41.8. The van der Waals surface area contributed by atoms with Gasteiger partial charge in [-0.15, -0.1) is 0 Å². The monoisotopic (exact) mass is 166 g/mol. The molecule has 0 aromatic heterocycles. The number of allylic oxidation sites excluding steroid dienone is 1. The van der Waals surface area contributed by atoms with E-state index in [0.29, 0.717) is 0 Å². The molecule has 1 N–H and O–H groups in total. The van der Waals surface area contributed by atoms with Crippen molar-refractivity contribution in [1.29, 1.82) is 0 Å². The lowest BCUT2D eigenvalue weighted by molar-refractivity contribution is 0.0379. The fourth-order valence-corrected chi connectivity index (χ4v) is 2.89. The van der Waals surface area contributed by atoms with E-state index < -0.39 is 0 Å². The maximum absolute atomic E-state index is 9.92. The van der Waals surface area contributed by atoms with Gasteiger partial charge in [-0.2, -0.15) is 0 Å². The maximum atomic E-state index is 9.92. The van der Waals surface area contributed by atoms with Gasteiger partial charge in [0.2, 0.25) is 0 Å². The van der Waals surface area contributed by atoms with Crippen molar-refractivity contribution in [3.05, 3.63) is 11.1 Å². The molecule has 0 heterocycles. The molecule has 0 amide bonds. The lowest BCUT2D eigenvalue weighted by Crippen LogP contribution is -2.35. The van der Waals surface area contributed by atoms with Crippen LogP contribution in [-0.4, -0.2) is 11.2 Å². The van der Waals surface area contributed by atoms with Gasteiger partial charge in [0.25, 0.3) is 0 Å². The van der Waals surface area contributed by atoms with Crippen LogP contribution >= 0.6 is 0 Å². The fourth-order valence-electron chi connectivity index (χ4n) is 2.89. The summed E-state index contributed by atoms with van der Waals surface area (Å²) in [5.74, 6) is 0. The summed E-state index contributed by atoms with van der Waals surface area (Å²) in [6, 6.07) is 0. The molecule has 68 valence electrons. The van der Waals surface area contributed by atoms with Gasteiger partial charge < -0.3 is 5.11 Å². The van der Waals surface area contributed by atoms with E-state index >= 15 is 0 Å². The Hall–Kier alpha value is -0.300. The van der Waals surface area contributed by atoms with Gasteiger partial charge in [-0.3, -0.25) is 0 Å². The van der Waals surface area contributed by atoms with E-state index in [9.17, 15) is 5.11 Å². The van der Waals surface area contributed by atoms with E-state index in [4.69, 9.17) is 0 Å². The predicted molar refractivity (Wildman–Crippen MR) is 49.9 cm³/mol. The molecule has 1 heteroatoms. The van der Waals surface area contributed by atoms with Gasteiger partial charge in [0, 0.05) is 5.41 Å². The van der Waals surface area contributed by atoms with E-state index in [1.807, 2.05) is 0 Å². The predicted octanol–water partition coefficient (Wildman–Crippen LogP) is 2.65. The number of hydrogen-bond donors (Lipinski definition) is 1. The van der Waals surface area contributed by atoms with E-state index in [0.717, 1.165) is 6.42 Å². The SMILES string of the molecule is CC1=C2CCC[C@@H](O)[C@@]2(C)CC1. The van der Waals surface area contributed by atoms with Crippen LogP contribution in [0, 0.1) is 5.41 Å². The molecule has 2 aliphatic rings. The molecule has 2 atom stereocenters. The second-order valence-corrected chi connectivity index (χ2v) is 4.58. The molecule has 12 heavy (non-hydrogen) atoms. The third-order valence-electron chi connectivity index (χ3n) is 3.86. The second-order valence-electron chi connectivity index (χ2n) is 4.58. The van der Waals surface area contributed by atoms with Crippen molar-refractivity contribution in [2.45, 2.75) is 52.1 Å². The molecule has 0 spiro atoms. The van der Waals surface area contributed by atoms with Gasteiger partial charge in [0.05, 0.1) is 6.10 Å². The highest BCUT2D eigenvalue weighted by molar-refractivity contribution is 5.29. The number of fused-ring (bicyclic) bond motifs is 1. The Bertz CT molecular complexity index is 229. The van der Waals surface area contributed by atoms with Crippen LogP contribution < -0.4 is 0 Å².